The molecule has 0 aromatic heterocycles. The van der Waals surface area contributed by atoms with Gasteiger partial charge in [0.25, 0.3) is 5.91 Å². The van der Waals surface area contributed by atoms with Crippen molar-refractivity contribution >= 4 is 58.0 Å². The second kappa shape index (κ2) is 12.2. The van der Waals surface area contributed by atoms with Crippen LogP contribution in [0.25, 0.3) is 0 Å². The smallest absolute Gasteiger partial charge is 0.253 e. The second-order valence-corrected chi connectivity index (χ2v) is 9.33. The Bertz CT molecular complexity index is 993. The number of thiocarbonyl (C=S) groups is 1. The molecule has 1 saturated heterocycles. The molecule has 176 valence electrons. The Balaban J connectivity index is 1.38. The Hall–Kier alpha value is -2.35. The molecule has 2 aromatic carbocycles. The Morgan fingerprint density at radius 1 is 1.12 bits per heavy atom. The van der Waals surface area contributed by atoms with Gasteiger partial charge in [0.1, 0.15) is 5.75 Å². The summed E-state index contributed by atoms with van der Waals surface area (Å²) in [6, 6.07) is 12.1. The molecule has 0 saturated carbocycles. The molecule has 6 nitrogen and oxygen atoms in total. The summed E-state index contributed by atoms with van der Waals surface area (Å²) in [6.07, 6.45) is 2.83. The third-order valence-corrected chi connectivity index (χ3v) is 6.15. The number of hydrogen-bond acceptors (Lipinski definition) is 4. The van der Waals surface area contributed by atoms with Gasteiger partial charge in [0.15, 0.2) is 5.11 Å². The van der Waals surface area contributed by atoms with E-state index in [9.17, 15) is 9.59 Å². The molecule has 0 bridgehead atoms. The quantitative estimate of drug-likeness (QED) is 0.380. The number of ether oxygens (including phenoxy) is 1. The Kier molecular flexibility index (Phi) is 9.35. The Morgan fingerprint density at radius 2 is 1.82 bits per heavy atom. The number of amides is 2. The number of piperidine rings is 1. The van der Waals surface area contributed by atoms with Crippen molar-refractivity contribution in [1.29, 1.82) is 0 Å². The van der Waals surface area contributed by atoms with Crippen molar-refractivity contribution in [2.45, 2.75) is 32.6 Å². The standard InChI is InChI=1S/C24H27Cl2N3O3S/c1-16-10-12-29(13-11-16)23(31)17-4-7-19(8-5-17)27-24(33)28-22(30)3-2-14-32-21-9-6-18(25)15-20(21)26/h4-9,15-16H,2-3,10-14H2,1H3,(H2,27,28,30,33). The molecular formula is C24H27Cl2N3O3S. The van der Waals surface area contributed by atoms with Crippen LogP contribution >= 0.6 is 35.4 Å². The van der Waals surface area contributed by atoms with Crippen molar-refractivity contribution in [3.8, 4) is 5.75 Å². The van der Waals surface area contributed by atoms with E-state index in [1.54, 1.807) is 42.5 Å². The summed E-state index contributed by atoms with van der Waals surface area (Å²) in [6.45, 7) is 4.15. The normalized spacial score (nSPS) is 14.0. The van der Waals surface area contributed by atoms with E-state index in [4.69, 9.17) is 40.2 Å². The fourth-order valence-electron chi connectivity index (χ4n) is 3.45. The van der Waals surface area contributed by atoms with Crippen LogP contribution in [0.4, 0.5) is 5.69 Å². The average Bonchev–Trinajstić information content (AvgIpc) is 2.78. The largest absolute Gasteiger partial charge is 0.492 e. The van der Waals surface area contributed by atoms with Gasteiger partial charge in [-0.25, -0.2) is 0 Å². The van der Waals surface area contributed by atoms with E-state index in [1.807, 2.05) is 4.90 Å². The van der Waals surface area contributed by atoms with Crippen LogP contribution in [-0.4, -0.2) is 41.5 Å². The topological polar surface area (TPSA) is 70.7 Å². The number of carbonyl (C=O) groups excluding carboxylic acids is 2. The van der Waals surface area contributed by atoms with E-state index < -0.39 is 0 Å². The van der Waals surface area contributed by atoms with Gasteiger partial charge in [-0.3, -0.25) is 9.59 Å². The molecule has 2 N–H and O–H groups in total. The summed E-state index contributed by atoms with van der Waals surface area (Å²) in [5.74, 6) is 1.03. The number of rotatable bonds is 7. The van der Waals surface area contributed by atoms with E-state index >= 15 is 0 Å². The van der Waals surface area contributed by atoms with Gasteiger partial charge < -0.3 is 20.3 Å². The molecule has 0 unspecified atom stereocenters. The van der Waals surface area contributed by atoms with Gasteiger partial charge in [-0.05, 0) is 79.9 Å². The number of nitrogens with zero attached hydrogens (tertiary/aromatic N) is 1. The Labute approximate surface area is 209 Å². The molecule has 3 rings (SSSR count). The molecule has 0 atom stereocenters. The van der Waals surface area contributed by atoms with Crippen LogP contribution < -0.4 is 15.4 Å². The van der Waals surface area contributed by atoms with Crippen molar-refractivity contribution < 1.29 is 14.3 Å². The number of anilines is 1. The van der Waals surface area contributed by atoms with E-state index in [0.29, 0.717) is 46.0 Å². The lowest BCUT2D eigenvalue weighted by Crippen LogP contribution is -2.37. The third kappa shape index (κ3) is 7.88. The maximum Gasteiger partial charge on any atom is 0.253 e. The highest BCUT2D eigenvalue weighted by molar-refractivity contribution is 7.80. The average molecular weight is 508 g/mol. The lowest BCUT2D eigenvalue weighted by Gasteiger charge is -2.30. The van der Waals surface area contributed by atoms with Crippen LogP contribution in [-0.2, 0) is 4.79 Å². The van der Waals surface area contributed by atoms with Crippen molar-refractivity contribution in [2.24, 2.45) is 5.92 Å². The van der Waals surface area contributed by atoms with Gasteiger partial charge in [-0.1, -0.05) is 30.1 Å². The first-order valence-electron chi connectivity index (χ1n) is 10.9. The van der Waals surface area contributed by atoms with Crippen molar-refractivity contribution in [2.75, 3.05) is 25.0 Å². The molecular weight excluding hydrogens is 481 g/mol. The first-order valence-corrected chi connectivity index (χ1v) is 12.1. The number of carbonyl (C=O) groups is 2. The van der Waals surface area contributed by atoms with Gasteiger partial charge in [-0.15, -0.1) is 0 Å². The summed E-state index contributed by atoms with van der Waals surface area (Å²) in [7, 11) is 0. The molecule has 9 heteroatoms. The summed E-state index contributed by atoms with van der Waals surface area (Å²) in [5, 5.41) is 6.77. The van der Waals surface area contributed by atoms with Crippen LogP contribution in [0.2, 0.25) is 10.0 Å². The highest BCUT2D eigenvalue weighted by Gasteiger charge is 2.21. The molecule has 1 aliphatic heterocycles. The molecule has 33 heavy (non-hydrogen) atoms. The highest BCUT2D eigenvalue weighted by Crippen LogP contribution is 2.27. The minimum absolute atomic E-state index is 0.0476. The third-order valence-electron chi connectivity index (χ3n) is 5.41. The fourth-order valence-corrected chi connectivity index (χ4v) is 4.14. The van der Waals surface area contributed by atoms with E-state index in [2.05, 4.69) is 17.6 Å². The number of hydrogen-bond donors (Lipinski definition) is 2. The maximum atomic E-state index is 12.6. The number of benzene rings is 2. The predicted octanol–water partition coefficient (Wildman–Crippen LogP) is 5.54. The minimum Gasteiger partial charge on any atom is -0.492 e. The van der Waals surface area contributed by atoms with Crippen molar-refractivity contribution in [3.63, 3.8) is 0 Å². The monoisotopic (exact) mass is 507 g/mol. The maximum absolute atomic E-state index is 12.6. The zero-order valence-corrected chi connectivity index (χ0v) is 20.7. The Morgan fingerprint density at radius 3 is 2.48 bits per heavy atom. The number of nitrogens with one attached hydrogen (secondary N) is 2. The van der Waals surface area contributed by atoms with E-state index in [-0.39, 0.29) is 23.3 Å². The fraction of sp³-hybridized carbons (Fsp3) is 0.375. The van der Waals surface area contributed by atoms with Crippen LogP contribution in [0.1, 0.15) is 43.0 Å². The zero-order chi connectivity index (χ0) is 23.8. The van der Waals surface area contributed by atoms with Gasteiger partial charge in [-0.2, -0.15) is 0 Å². The molecule has 0 radical (unpaired) electrons. The van der Waals surface area contributed by atoms with Crippen LogP contribution in [0.3, 0.4) is 0 Å². The highest BCUT2D eigenvalue weighted by atomic mass is 35.5. The molecule has 0 aliphatic carbocycles. The van der Waals surface area contributed by atoms with Crippen molar-refractivity contribution in [3.05, 3.63) is 58.1 Å². The van der Waals surface area contributed by atoms with Crippen LogP contribution in [0.15, 0.2) is 42.5 Å². The van der Waals surface area contributed by atoms with Gasteiger partial charge in [0.05, 0.1) is 11.6 Å². The second-order valence-electron chi connectivity index (χ2n) is 8.08. The molecule has 1 heterocycles. The number of likely N-dealkylation sites (tertiary alicyclic amines) is 1. The summed E-state index contributed by atoms with van der Waals surface area (Å²) >= 11 is 17.1. The molecule has 2 aromatic rings. The SMILES string of the molecule is CC1CCN(C(=O)c2ccc(NC(=S)NC(=O)CCCOc3ccc(Cl)cc3Cl)cc2)CC1. The van der Waals surface area contributed by atoms with Gasteiger partial charge >= 0.3 is 0 Å². The van der Waals surface area contributed by atoms with Crippen LogP contribution in [0, 0.1) is 5.92 Å². The summed E-state index contributed by atoms with van der Waals surface area (Å²) < 4.78 is 5.57. The molecule has 2 amide bonds. The zero-order valence-electron chi connectivity index (χ0n) is 18.4. The van der Waals surface area contributed by atoms with E-state index in [0.717, 1.165) is 25.9 Å². The van der Waals surface area contributed by atoms with Gasteiger partial charge in [0.2, 0.25) is 5.91 Å². The van der Waals surface area contributed by atoms with Gasteiger partial charge in [0, 0.05) is 35.8 Å². The first kappa shape index (κ1) is 25.3. The van der Waals surface area contributed by atoms with Crippen molar-refractivity contribution in [1.82, 2.24) is 10.2 Å². The lowest BCUT2D eigenvalue weighted by molar-refractivity contribution is -0.119. The lowest BCUT2D eigenvalue weighted by atomic mass is 9.98. The van der Waals surface area contributed by atoms with E-state index in [1.165, 1.54) is 0 Å². The first-order chi connectivity index (χ1) is 15.8. The number of halogens is 2. The molecule has 1 fully saturated rings. The summed E-state index contributed by atoms with van der Waals surface area (Å²) in [5.41, 5.74) is 1.34. The minimum atomic E-state index is -0.218. The van der Waals surface area contributed by atoms with Crippen LogP contribution in [0.5, 0.6) is 5.75 Å². The predicted molar refractivity (Wildman–Crippen MR) is 136 cm³/mol. The molecule has 1 aliphatic rings. The molecule has 0 spiro atoms. The summed E-state index contributed by atoms with van der Waals surface area (Å²) in [4.78, 5) is 26.7.